The largest absolute Gasteiger partial charge is 0.479 e. The number of hydrogen-bond acceptors (Lipinski definition) is 5. The van der Waals surface area contributed by atoms with Gasteiger partial charge in [-0.25, -0.2) is 4.79 Å². The highest BCUT2D eigenvalue weighted by atomic mass is 16.4. The Morgan fingerprint density at radius 2 is 1.71 bits per heavy atom. The number of unbranched alkanes of at least 4 members (excludes halogenated alkanes) is 1. The van der Waals surface area contributed by atoms with Crippen molar-refractivity contribution in [1.29, 1.82) is 0 Å². The first-order valence-electron chi connectivity index (χ1n) is 11.6. The molecule has 0 radical (unpaired) electrons. The van der Waals surface area contributed by atoms with E-state index in [-0.39, 0.29) is 23.8 Å². The molecule has 9 heteroatoms. The number of aromatic nitrogens is 2. The lowest BCUT2D eigenvalue weighted by Gasteiger charge is -2.20. The van der Waals surface area contributed by atoms with Gasteiger partial charge in [0.1, 0.15) is 5.69 Å². The number of H-pyrrole nitrogens is 1. The summed E-state index contributed by atoms with van der Waals surface area (Å²) >= 11 is 0. The number of carboxylic acid groups (broad SMARTS) is 1. The number of aliphatic hydroxyl groups is 1. The van der Waals surface area contributed by atoms with Gasteiger partial charge in [-0.15, -0.1) is 0 Å². The lowest BCUT2D eigenvalue weighted by molar-refractivity contribution is -0.147. The summed E-state index contributed by atoms with van der Waals surface area (Å²) in [6.45, 7) is 1.99. The van der Waals surface area contributed by atoms with Gasteiger partial charge < -0.3 is 20.8 Å². The first kappa shape index (κ1) is 25.6. The molecule has 0 saturated carbocycles. The second kappa shape index (κ2) is 12.5. The SMILES string of the molecule is CCCCC(=O)Nc1cc(C(=O)NC(Cc2ccc(-c3ccccc3)cc2)CC(O)C(=O)O)[nH]n1. The number of anilines is 1. The van der Waals surface area contributed by atoms with Crippen molar-refractivity contribution >= 4 is 23.6 Å². The molecule has 0 fully saturated rings. The number of benzene rings is 2. The highest BCUT2D eigenvalue weighted by Crippen LogP contribution is 2.20. The van der Waals surface area contributed by atoms with Crippen LogP contribution in [-0.2, 0) is 16.0 Å². The van der Waals surface area contributed by atoms with Crippen LogP contribution in [0.25, 0.3) is 11.1 Å². The number of rotatable bonds is 12. The predicted molar refractivity (Wildman–Crippen MR) is 132 cm³/mol. The van der Waals surface area contributed by atoms with Crippen molar-refractivity contribution in [3.05, 3.63) is 71.9 Å². The summed E-state index contributed by atoms with van der Waals surface area (Å²) in [5.41, 5.74) is 3.10. The lowest BCUT2D eigenvalue weighted by atomic mass is 9.97. The molecule has 0 saturated heterocycles. The van der Waals surface area contributed by atoms with E-state index in [1.54, 1.807) is 0 Å². The number of carbonyl (C=O) groups excluding carboxylic acids is 2. The maximum atomic E-state index is 12.8. The molecule has 1 aromatic heterocycles. The summed E-state index contributed by atoms with van der Waals surface area (Å²) in [6, 6.07) is 18.4. The van der Waals surface area contributed by atoms with E-state index in [4.69, 9.17) is 5.11 Å². The molecular weight excluding hydrogens is 448 g/mol. The smallest absolute Gasteiger partial charge is 0.332 e. The second-order valence-electron chi connectivity index (χ2n) is 8.35. The first-order valence-corrected chi connectivity index (χ1v) is 11.6. The molecule has 9 nitrogen and oxygen atoms in total. The Hall–Kier alpha value is -3.98. The minimum absolute atomic E-state index is 0.116. The fraction of sp³-hybridized carbons (Fsp3) is 0.308. The van der Waals surface area contributed by atoms with Crippen LogP contribution in [0, 0.1) is 0 Å². The van der Waals surface area contributed by atoms with E-state index >= 15 is 0 Å². The van der Waals surface area contributed by atoms with Crippen LogP contribution in [0.4, 0.5) is 5.82 Å². The summed E-state index contributed by atoms with van der Waals surface area (Å²) in [5, 5.41) is 31.0. The average molecular weight is 479 g/mol. The second-order valence-corrected chi connectivity index (χ2v) is 8.35. The van der Waals surface area contributed by atoms with Gasteiger partial charge in [0.15, 0.2) is 11.9 Å². The van der Waals surface area contributed by atoms with E-state index in [9.17, 15) is 19.5 Å². The highest BCUT2D eigenvalue weighted by molar-refractivity contribution is 5.95. The molecule has 2 aromatic carbocycles. The van der Waals surface area contributed by atoms with E-state index in [2.05, 4.69) is 20.8 Å². The fourth-order valence-corrected chi connectivity index (χ4v) is 3.62. The molecule has 2 atom stereocenters. The summed E-state index contributed by atoms with van der Waals surface area (Å²) in [6.07, 6.45) is 0.530. The van der Waals surface area contributed by atoms with Gasteiger partial charge in [-0.05, 0) is 29.5 Å². The minimum Gasteiger partial charge on any atom is -0.479 e. The normalized spacial score (nSPS) is 12.5. The zero-order valence-electron chi connectivity index (χ0n) is 19.5. The molecule has 184 valence electrons. The molecule has 0 spiro atoms. The van der Waals surface area contributed by atoms with Crippen molar-refractivity contribution in [1.82, 2.24) is 15.5 Å². The number of aliphatic carboxylic acids is 1. The standard InChI is InChI=1S/C26H30N4O5/c1-2-3-9-24(32)28-23-16-21(29-30-23)25(33)27-20(15-22(31)26(34)35)14-17-10-12-19(13-11-17)18-7-5-4-6-8-18/h4-8,10-13,16,20,22,31H,2-3,9,14-15H2,1H3,(H,27,33)(H,34,35)(H2,28,29,30,32). The molecule has 2 unspecified atom stereocenters. The molecule has 5 N–H and O–H groups in total. The third-order valence-corrected chi connectivity index (χ3v) is 5.52. The Morgan fingerprint density at radius 3 is 2.37 bits per heavy atom. The van der Waals surface area contributed by atoms with Crippen molar-refractivity contribution in [2.45, 2.75) is 51.2 Å². The maximum absolute atomic E-state index is 12.8. The fourth-order valence-electron chi connectivity index (χ4n) is 3.62. The number of nitrogens with zero attached hydrogens (tertiary/aromatic N) is 1. The van der Waals surface area contributed by atoms with Gasteiger partial charge in [-0.1, -0.05) is 67.9 Å². The van der Waals surface area contributed by atoms with Crippen molar-refractivity contribution in [2.24, 2.45) is 0 Å². The Kier molecular flexibility index (Phi) is 9.14. The van der Waals surface area contributed by atoms with E-state index in [0.717, 1.165) is 29.5 Å². The molecule has 35 heavy (non-hydrogen) atoms. The van der Waals surface area contributed by atoms with Crippen LogP contribution in [-0.4, -0.2) is 50.3 Å². The van der Waals surface area contributed by atoms with Crippen molar-refractivity contribution < 1.29 is 24.6 Å². The molecule has 2 amide bonds. The van der Waals surface area contributed by atoms with Gasteiger partial charge in [0, 0.05) is 24.9 Å². The van der Waals surface area contributed by atoms with Crippen LogP contribution in [0.15, 0.2) is 60.7 Å². The summed E-state index contributed by atoms with van der Waals surface area (Å²) in [5.74, 6) is -1.83. The van der Waals surface area contributed by atoms with Crippen LogP contribution in [0.5, 0.6) is 0 Å². The molecular formula is C26H30N4O5. The number of amides is 2. The van der Waals surface area contributed by atoms with Crippen molar-refractivity contribution in [2.75, 3.05) is 5.32 Å². The van der Waals surface area contributed by atoms with Crippen LogP contribution in [0.3, 0.4) is 0 Å². The van der Waals surface area contributed by atoms with Gasteiger partial charge in [0.05, 0.1) is 0 Å². The Morgan fingerprint density at radius 1 is 1.03 bits per heavy atom. The van der Waals surface area contributed by atoms with E-state index in [1.165, 1.54) is 6.07 Å². The Balaban J connectivity index is 1.67. The number of aromatic amines is 1. The zero-order valence-corrected chi connectivity index (χ0v) is 19.5. The number of aliphatic hydroxyl groups excluding tert-OH is 1. The van der Waals surface area contributed by atoms with Crippen LogP contribution in [0.1, 0.15) is 48.7 Å². The molecule has 0 bridgehead atoms. The van der Waals surface area contributed by atoms with E-state index in [1.807, 2.05) is 61.5 Å². The molecule has 3 aromatic rings. The topological polar surface area (TPSA) is 144 Å². The minimum atomic E-state index is -1.63. The quantitative estimate of drug-likeness (QED) is 0.270. The summed E-state index contributed by atoms with van der Waals surface area (Å²) in [4.78, 5) is 35.9. The van der Waals surface area contributed by atoms with Crippen molar-refractivity contribution in [3.63, 3.8) is 0 Å². The number of hydrogen-bond donors (Lipinski definition) is 5. The number of nitrogens with one attached hydrogen (secondary N) is 3. The monoisotopic (exact) mass is 478 g/mol. The molecule has 0 aliphatic rings. The van der Waals surface area contributed by atoms with Crippen LogP contribution >= 0.6 is 0 Å². The van der Waals surface area contributed by atoms with Crippen LogP contribution in [0.2, 0.25) is 0 Å². The Labute approximate surface area is 203 Å². The van der Waals surface area contributed by atoms with Crippen molar-refractivity contribution in [3.8, 4) is 11.1 Å². The number of carbonyl (C=O) groups is 3. The predicted octanol–water partition coefficient (Wildman–Crippen LogP) is 3.38. The third kappa shape index (κ3) is 7.79. The lowest BCUT2D eigenvalue weighted by Crippen LogP contribution is -2.40. The van der Waals surface area contributed by atoms with Gasteiger partial charge in [-0.3, -0.25) is 14.7 Å². The Bertz CT molecular complexity index is 1130. The molecule has 3 rings (SSSR count). The molecule has 1 heterocycles. The highest BCUT2D eigenvalue weighted by Gasteiger charge is 2.23. The van der Waals surface area contributed by atoms with Gasteiger partial charge in [-0.2, -0.15) is 5.10 Å². The summed E-state index contributed by atoms with van der Waals surface area (Å²) < 4.78 is 0. The van der Waals surface area contributed by atoms with Gasteiger partial charge in [0.25, 0.3) is 5.91 Å². The number of carboxylic acids is 1. The van der Waals surface area contributed by atoms with Gasteiger partial charge in [0.2, 0.25) is 5.91 Å². The summed E-state index contributed by atoms with van der Waals surface area (Å²) in [7, 11) is 0. The molecule has 0 aliphatic heterocycles. The third-order valence-electron chi connectivity index (χ3n) is 5.52. The maximum Gasteiger partial charge on any atom is 0.332 e. The average Bonchev–Trinajstić information content (AvgIpc) is 3.32. The molecule has 0 aliphatic carbocycles. The zero-order chi connectivity index (χ0) is 25.2. The van der Waals surface area contributed by atoms with E-state index < -0.39 is 24.0 Å². The van der Waals surface area contributed by atoms with E-state index in [0.29, 0.717) is 12.8 Å². The van der Waals surface area contributed by atoms with Gasteiger partial charge >= 0.3 is 5.97 Å². The first-order chi connectivity index (χ1) is 16.9. The van der Waals surface area contributed by atoms with Crippen LogP contribution < -0.4 is 10.6 Å².